The number of pyridine rings is 1. The number of carbonyl (C=O) groups excluding carboxylic acids is 1. The molecule has 0 saturated carbocycles. The summed E-state index contributed by atoms with van der Waals surface area (Å²) in [5.74, 6) is -0.887. The Morgan fingerprint density at radius 2 is 2.42 bits per heavy atom. The lowest BCUT2D eigenvalue weighted by molar-refractivity contribution is 0.111. The molecule has 0 aliphatic carbocycles. The number of halogens is 2. The lowest BCUT2D eigenvalue weighted by Crippen LogP contribution is -1.96. The number of nitriles is 1. The van der Waals surface area contributed by atoms with E-state index in [4.69, 9.17) is 5.26 Å². The van der Waals surface area contributed by atoms with Crippen molar-refractivity contribution in [3.8, 4) is 6.07 Å². The first kappa shape index (κ1) is 8.81. The minimum Gasteiger partial charge on any atom is -0.298 e. The Bertz CT molecular complexity index is 372. The molecule has 1 aromatic rings. The van der Waals surface area contributed by atoms with Crippen LogP contribution < -0.4 is 0 Å². The number of aldehydes is 1. The summed E-state index contributed by atoms with van der Waals surface area (Å²) in [7, 11) is 0. The third kappa shape index (κ3) is 1.34. The maximum absolute atomic E-state index is 13.0. The zero-order chi connectivity index (χ0) is 9.14. The highest BCUT2D eigenvalue weighted by Gasteiger charge is 2.11. The molecule has 0 saturated heterocycles. The van der Waals surface area contributed by atoms with Crippen molar-refractivity contribution >= 4 is 22.2 Å². The average Bonchev–Trinajstić information content (AvgIpc) is 2.06. The van der Waals surface area contributed by atoms with Crippen LogP contribution in [0.15, 0.2) is 10.7 Å². The molecule has 0 unspecified atom stereocenters. The first-order chi connectivity index (χ1) is 5.70. The van der Waals surface area contributed by atoms with Crippen LogP contribution in [0.3, 0.4) is 0 Å². The Labute approximate surface area is 76.0 Å². The smallest absolute Gasteiger partial charge is 0.177 e. The number of nitrogens with zero attached hydrogens (tertiary/aromatic N) is 2. The van der Waals surface area contributed by atoms with Gasteiger partial charge in [0.1, 0.15) is 6.07 Å². The van der Waals surface area contributed by atoms with Gasteiger partial charge < -0.3 is 0 Å². The van der Waals surface area contributed by atoms with Crippen LogP contribution >= 0.6 is 15.9 Å². The molecule has 0 aliphatic rings. The van der Waals surface area contributed by atoms with Gasteiger partial charge in [-0.1, -0.05) is 0 Å². The fourth-order valence-electron chi connectivity index (χ4n) is 0.666. The van der Waals surface area contributed by atoms with Gasteiger partial charge in [0, 0.05) is 10.7 Å². The molecule has 0 spiro atoms. The van der Waals surface area contributed by atoms with Gasteiger partial charge in [0.2, 0.25) is 0 Å². The van der Waals surface area contributed by atoms with E-state index in [1.165, 1.54) is 12.3 Å². The van der Waals surface area contributed by atoms with Crippen LogP contribution in [0.4, 0.5) is 4.39 Å². The third-order valence-electron chi connectivity index (χ3n) is 1.23. The Kier molecular flexibility index (Phi) is 2.51. The van der Waals surface area contributed by atoms with Gasteiger partial charge in [-0.3, -0.25) is 4.79 Å². The second-order valence-electron chi connectivity index (χ2n) is 1.91. The molecule has 0 N–H and O–H groups in total. The third-order valence-corrected chi connectivity index (χ3v) is 1.86. The van der Waals surface area contributed by atoms with Gasteiger partial charge in [0.05, 0.1) is 5.56 Å². The fourth-order valence-corrected chi connectivity index (χ4v) is 1.04. The van der Waals surface area contributed by atoms with Gasteiger partial charge in [-0.05, 0) is 15.9 Å². The molecule has 1 heterocycles. The largest absolute Gasteiger partial charge is 0.298 e. The first-order valence-electron chi connectivity index (χ1n) is 2.90. The summed E-state index contributed by atoms with van der Waals surface area (Å²) in [4.78, 5) is 13.8. The molecule has 3 nitrogen and oxygen atoms in total. The van der Waals surface area contributed by atoms with Crippen molar-refractivity contribution in [3.05, 3.63) is 27.7 Å². The van der Waals surface area contributed by atoms with Crippen molar-refractivity contribution in [3.63, 3.8) is 0 Å². The van der Waals surface area contributed by atoms with Gasteiger partial charge >= 0.3 is 0 Å². The normalized spacial score (nSPS) is 9.08. The van der Waals surface area contributed by atoms with E-state index in [1.54, 1.807) is 0 Å². The monoisotopic (exact) mass is 228 g/mol. The molecule has 1 rings (SSSR count). The van der Waals surface area contributed by atoms with Crippen molar-refractivity contribution in [2.45, 2.75) is 0 Å². The summed E-state index contributed by atoms with van der Waals surface area (Å²) >= 11 is 2.93. The second kappa shape index (κ2) is 3.41. The van der Waals surface area contributed by atoms with Crippen LogP contribution in [-0.4, -0.2) is 11.3 Å². The highest BCUT2D eigenvalue weighted by atomic mass is 79.9. The van der Waals surface area contributed by atoms with Crippen LogP contribution in [0.5, 0.6) is 0 Å². The maximum atomic E-state index is 13.0. The molecule has 0 atom stereocenters. The Morgan fingerprint density at radius 3 is 2.92 bits per heavy atom. The molecule has 0 radical (unpaired) electrons. The lowest BCUT2D eigenvalue weighted by Gasteiger charge is -1.97. The van der Waals surface area contributed by atoms with E-state index < -0.39 is 5.82 Å². The van der Waals surface area contributed by atoms with Gasteiger partial charge in [-0.2, -0.15) is 5.26 Å². The highest BCUT2D eigenvalue weighted by Crippen LogP contribution is 2.18. The summed E-state index contributed by atoms with van der Waals surface area (Å²) in [5, 5.41) is 8.35. The molecule has 0 bridgehead atoms. The Hall–Kier alpha value is -1.28. The van der Waals surface area contributed by atoms with Gasteiger partial charge in [0.15, 0.2) is 17.8 Å². The summed E-state index contributed by atoms with van der Waals surface area (Å²) in [6.45, 7) is 0. The molecular weight excluding hydrogens is 227 g/mol. The Balaban J connectivity index is 3.46. The molecule has 0 amide bonds. The molecule has 0 fully saturated rings. The number of carbonyl (C=O) groups is 1. The second-order valence-corrected chi connectivity index (χ2v) is 2.77. The SMILES string of the molecule is N#Cc1ncc(Br)c(C=O)c1F. The molecular formula is C7H2BrFN2O. The number of rotatable bonds is 1. The number of aromatic nitrogens is 1. The first-order valence-corrected chi connectivity index (χ1v) is 3.69. The fraction of sp³-hybridized carbons (Fsp3) is 0. The average molecular weight is 229 g/mol. The predicted octanol–water partition coefficient (Wildman–Crippen LogP) is 1.67. The summed E-state index contributed by atoms with van der Waals surface area (Å²) < 4.78 is 13.2. The summed E-state index contributed by atoms with van der Waals surface area (Å²) in [6.07, 6.45) is 1.55. The van der Waals surface area contributed by atoms with Crippen LogP contribution in [-0.2, 0) is 0 Å². The number of hydrogen-bond donors (Lipinski definition) is 0. The van der Waals surface area contributed by atoms with Crippen LogP contribution in [0.25, 0.3) is 0 Å². The maximum Gasteiger partial charge on any atom is 0.177 e. The van der Waals surface area contributed by atoms with E-state index in [0.29, 0.717) is 6.29 Å². The molecule has 0 aromatic carbocycles. The highest BCUT2D eigenvalue weighted by molar-refractivity contribution is 9.10. The quantitative estimate of drug-likeness (QED) is 0.688. The number of hydrogen-bond acceptors (Lipinski definition) is 3. The standard InChI is InChI=1S/C7H2BrFN2O/c8-5-2-11-6(1-10)7(9)4(5)3-12/h2-3H. The van der Waals surface area contributed by atoms with Crippen LogP contribution in [0.1, 0.15) is 16.1 Å². The zero-order valence-corrected chi connectivity index (χ0v) is 7.30. The Morgan fingerprint density at radius 1 is 1.75 bits per heavy atom. The van der Waals surface area contributed by atoms with Crippen molar-refractivity contribution in [2.75, 3.05) is 0 Å². The van der Waals surface area contributed by atoms with Crippen LogP contribution in [0.2, 0.25) is 0 Å². The van der Waals surface area contributed by atoms with Crippen LogP contribution in [0, 0.1) is 17.1 Å². The summed E-state index contributed by atoms with van der Waals surface area (Å²) in [5.41, 5.74) is -0.554. The van der Waals surface area contributed by atoms with Gasteiger partial charge in [-0.15, -0.1) is 0 Å². The van der Waals surface area contributed by atoms with Gasteiger partial charge in [0.25, 0.3) is 0 Å². The molecule has 60 valence electrons. The molecule has 0 aliphatic heterocycles. The van der Waals surface area contributed by atoms with Crippen molar-refractivity contribution in [2.24, 2.45) is 0 Å². The lowest BCUT2D eigenvalue weighted by atomic mass is 10.2. The van der Waals surface area contributed by atoms with E-state index in [2.05, 4.69) is 20.9 Å². The van der Waals surface area contributed by atoms with Crippen molar-refractivity contribution < 1.29 is 9.18 Å². The topological polar surface area (TPSA) is 53.8 Å². The summed E-state index contributed by atoms with van der Waals surface area (Å²) in [6, 6.07) is 1.53. The zero-order valence-electron chi connectivity index (χ0n) is 5.71. The van der Waals surface area contributed by atoms with Crippen molar-refractivity contribution in [1.29, 1.82) is 5.26 Å². The van der Waals surface area contributed by atoms with Crippen molar-refractivity contribution in [1.82, 2.24) is 4.98 Å². The minimum absolute atomic E-state index is 0.179. The van der Waals surface area contributed by atoms with E-state index in [0.717, 1.165) is 0 Å². The predicted molar refractivity (Wildman–Crippen MR) is 42.0 cm³/mol. The van der Waals surface area contributed by atoms with E-state index in [-0.39, 0.29) is 15.7 Å². The van der Waals surface area contributed by atoms with E-state index in [9.17, 15) is 9.18 Å². The molecule has 5 heteroatoms. The van der Waals surface area contributed by atoms with Gasteiger partial charge in [-0.25, -0.2) is 9.37 Å². The molecule has 12 heavy (non-hydrogen) atoms. The van der Waals surface area contributed by atoms with E-state index in [1.807, 2.05) is 0 Å². The molecule has 1 aromatic heterocycles. The van der Waals surface area contributed by atoms with E-state index >= 15 is 0 Å². The minimum atomic E-state index is -0.887.